The van der Waals surface area contributed by atoms with Crippen molar-refractivity contribution in [3.05, 3.63) is 71.8 Å². The fourth-order valence-corrected chi connectivity index (χ4v) is 5.25. The van der Waals surface area contributed by atoms with Gasteiger partial charge in [-0.25, -0.2) is 4.79 Å². The van der Waals surface area contributed by atoms with E-state index in [0.29, 0.717) is 56.5 Å². The van der Waals surface area contributed by atoms with Gasteiger partial charge in [-0.1, -0.05) is 42.5 Å². The maximum atomic E-state index is 13.7. The number of ether oxygens (including phenoxy) is 4. The van der Waals surface area contributed by atoms with Crippen molar-refractivity contribution in [2.24, 2.45) is 5.92 Å². The highest BCUT2D eigenvalue weighted by Crippen LogP contribution is 2.30. The Balaban J connectivity index is 1.41. The van der Waals surface area contributed by atoms with Crippen molar-refractivity contribution in [2.75, 3.05) is 54.1 Å². The average molecular weight is 578 g/mol. The van der Waals surface area contributed by atoms with Gasteiger partial charge in [0.25, 0.3) is 5.91 Å². The number of carbonyl (C=O) groups excluding carboxylic acids is 2. The van der Waals surface area contributed by atoms with Crippen molar-refractivity contribution in [3.63, 3.8) is 0 Å². The summed E-state index contributed by atoms with van der Waals surface area (Å²) in [6, 6.07) is 19.4. The van der Waals surface area contributed by atoms with Crippen molar-refractivity contribution < 1.29 is 28.5 Å². The summed E-state index contributed by atoms with van der Waals surface area (Å²) in [4.78, 5) is 30.3. The number of rotatable bonds is 13. The molecule has 226 valence electrons. The van der Waals surface area contributed by atoms with Gasteiger partial charge >= 0.3 is 6.09 Å². The van der Waals surface area contributed by atoms with Gasteiger partial charge in [-0.15, -0.1) is 0 Å². The fraction of sp³-hybridized carbons (Fsp3) is 0.455. The molecule has 0 radical (unpaired) electrons. The molecule has 0 aliphatic carbocycles. The molecule has 1 N–H and O–H groups in total. The van der Waals surface area contributed by atoms with E-state index in [1.807, 2.05) is 43.0 Å². The summed E-state index contributed by atoms with van der Waals surface area (Å²) in [5, 5.41) is 5.60. The van der Waals surface area contributed by atoms with Crippen molar-refractivity contribution >= 4 is 22.8 Å². The van der Waals surface area contributed by atoms with E-state index >= 15 is 0 Å². The second kappa shape index (κ2) is 14.9. The highest BCUT2D eigenvalue weighted by molar-refractivity contribution is 5.95. The zero-order valence-electron chi connectivity index (χ0n) is 25.3. The van der Waals surface area contributed by atoms with Crippen LogP contribution in [0, 0.1) is 5.92 Å². The van der Waals surface area contributed by atoms with Gasteiger partial charge in [0.05, 0.1) is 13.7 Å². The molecule has 9 heteroatoms. The highest BCUT2D eigenvalue weighted by Gasteiger charge is 2.35. The molecule has 9 nitrogen and oxygen atoms in total. The number of hydrogen-bond donors (Lipinski definition) is 1. The topological polar surface area (TPSA) is 89.6 Å². The van der Waals surface area contributed by atoms with Crippen LogP contribution < -0.4 is 14.8 Å². The summed E-state index contributed by atoms with van der Waals surface area (Å²) in [5.41, 5.74) is 1.58. The molecular formula is C33H43N3O6. The standard InChI is InChI=1S/C33H43N3O6/c1-23(2)36(32(37)25-14-15-29(40-5)30(18-25)41-17-9-16-39-4)22-27-19-34-20-31(27)42-33(38)35(3)21-26-12-8-11-24-10-6-7-13-28(24)26/h6-8,10-15,18,23,27,31,34H,9,16-17,19-22H2,1-5H3/t27-,31+/m0/s1. The van der Waals surface area contributed by atoms with E-state index in [9.17, 15) is 9.59 Å². The van der Waals surface area contributed by atoms with Gasteiger partial charge in [0.15, 0.2) is 11.5 Å². The van der Waals surface area contributed by atoms with Crippen molar-refractivity contribution in [2.45, 2.75) is 39.0 Å². The van der Waals surface area contributed by atoms with E-state index in [1.165, 1.54) is 0 Å². The summed E-state index contributed by atoms with van der Waals surface area (Å²) >= 11 is 0. The minimum Gasteiger partial charge on any atom is -0.493 e. The van der Waals surface area contributed by atoms with Crippen molar-refractivity contribution in [3.8, 4) is 11.5 Å². The maximum Gasteiger partial charge on any atom is 0.410 e. The molecule has 2 atom stereocenters. The zero-order valence-corrected chi connectivity index (χ0v) is 25.3. The predicted molar refractivity (Wildman–Crippen MR) is 163 cm³/mol. The quantitative estimate of drug-likeness (QED) is 0.287. The Labute approximate surface area is 248 Å². The van der Waals surface area contributed by atoms with Crippen LogP contribution in [-0.4, -0.2) is 88.1 Å². The number of carbonyl (C=O) groups is 2. The average Bonchev–Trinajstić information content (AvgIpc) is 3.43. The molecule has 0 saturated carbocycles. The molecule has 42 heavy (non-hydrogen) atoms. The summed E-state index contributed by atoms with van der Waals surface area (Å²) in [6.45, 7) is 7.10. The Morgan fingerprint density at radius 2 is 1.76 bits per heavy atom. The molecule has 3 aromatic rings. The molecule has 4 rings (SSSR count). The van der Waals surface area contributed by atoms with Crippen LogP contribution in [0.3, 0.4) is 0 Å². The third-order valence-corrected chi connectivity index (χ3v) is 7.61. The van der Waals surface area contributed by atoms with E-state index in [-0.39, 0.29) is 30.1 Å². The van der Waals surface area contributed by atoms with E-state index in [2.05, 4.69) is 23.5 Å². The first kappa shape index (κ1) is 31.1. The molecule has 1 heterocycles. The molecule has 0 spiro atoms. The molecule has 1 aliphatic heterocycles. The van der Waals surface area contributed by atoms with Gasteiger partial charge in [-0.3, -0.25) is 4.79 Å². The Hall–Kier alpha value is -3.82. The summed E-state index contributed by atoms with van der Waals surface area (Å²) < 4.78 is 22.4. The monoisotopic (exact) mass is 577 g/mol. The van der Waals surface area contributed by atoms with Crippen LogP contribution in [-0.2, 0) is 16.0 Å². The lowest BCUT2D eigenvalue weighted by molar-refractivity contribution is 0.0403. The molecular weight excluding hydrogens is 534 g/mol. The van der Waals surface area contributed by atoms with Gasteiger partial charge in [-0.2, -0.15) is 0 Å². The van der Waals surface area contributed by atoms with Gasteiger partial charge in [0.1, 0.15) is 6.10 Å². The number of fused-ring (bicyclic) bond motifs is 1. The van der Waals surface area contributed by atoms with Crippen molar-refractivity contribution in [1.29, 1.82) is 0 Å². The molecule has 1 fully saturated rings. The van der Waals surface area contributed by atoms with Crippen LogP contribution in [0.1, 0.15) is 36.2 Å². The number of methoxy groups -OCH3 is 2. The molecule has 0 bridgehead atoms. The van der Waals surface area contributed by atoms with Crippen LogP contribution in [0.2, 0.25) is 0 Å². The predicted octanol–water partition coefficient (Wildman–Crippen LogP) is 4.97. The van der Waals surface area contributed by atoms with Crippen LogP contribution in [0.5, 0.6) is 11.5 Å². The van der Waals surface area contributed by atoms with Gasteiger partial charge in [0.2, 0.25) is 0 Å². The van der Waals surface area contributed by atoms with E-state index in [1.54, 1.807) is 44.4 Å². The highest BCUT2D eigenvalue weighted by atomic mass is 16.6. The number of benzene rings is 3. The summed E-state index contributed by atoms with van der Waals surface area (Å²) in [5.74, 6) is 0.931. The molecule has 1 aliphatic rings. The molecule has 0 aromatic heterocycles. The third-order valence-electron chi connectivity index (χ3n) is 7.61. The summed E-state index contributed by atoms with van der Waals surface area (Å²) in [6.07, 6.45) is -0.00598. The molecule has 2 amide bonds. The summed E-state index contributed by atoms with van der Waals surface area (Å²) in [7, 11) is 4.98. The van der Waals surface area contributed by atoms with Gasteiger partial charge in [-0.05, 0) is 48.4 Å². The first-order chi connectivity index (χ1) is 20.3. The minimum atomic E-state index is -0.380. The lowest BCUT2D eigenvalue weighted by atomic mass is 10.0. The third kappa shape index (κ3) is 7.72. The number of nitrogens with zero attached hydrogens (tertiary/aromatic N) is 2. The second-order valence-electron chi connectivity index (χ2n) is 10.9. The van der Waals surface area contributed by atoms with Crippen LogP contribution in [0.15, 0.2) is 60.7 Å². The Morgan fingerprint density at radius 3 is 2.52 bits per heavy atom. The first-order valence-corrected chi connectivity index (χ1v) is 14.5. The number of nitrogens with one attached hydrogen (secondary N) is 1. The Bertz CT molecular complexity index is 1340. The van der Waals surface area contributed by atoms with Gasteiger partial charge in [0, 0.05) is 70.9 Å². The smallest absolute Gasteiger partial charge is 0.410 e. The Kier molecular flexibility index (Phi) is 11.0. The number of hydrogen-bond acceptors (Lipinski definition) is 7. The fourth-order valence-electron chi connectivity index (χ4n) is 5.25. The largest absolute Gasteiger partial charge is 0.493 e. The minimum absolute atomic E-state index is 0.0470. The SMILES string of the molecule is COCCCOc1cc(C(=O)N(C[C@@H]2CNC[C@H]2OC(=O)N(C)Cc2cccc3ccccc23)C(C)C)ccc1OC. The molecule has 1 saturated heterocycles. The normalized spacial score (nSPS) is 16.4. The zero-order chi connectivity index (χ0) is 30.1. The van der Waals surface area contributed by atoms with Crippen LogP contribution in [0.4, 0.5) is 4.79 Å². The van der Waals surface area contributed by atoms with E-state index in [4.69, 9.17) is 18.9 Å². The molecule has 3 aromatic carbocycles. The lowest BCUT2D eigenvalue weighted by Gasteiger charge is -2.32. The second-order valence-corrected chi connectivity index (χ2v) is 10.9. The van der Waals surface area contributed by atoms with Crippen LogP contribution in [0.25, 0.3) is 10.8 Å². The lowest BCUT2D eigenvalue weighted by Crippen LogP contribution is -2.44. The number of amides is 2. The van der Waals surface area contributed by atoms with E-state index < -0.39 is 0 Å². The molecule has 0 unspecified atom stereocenters. The van der Waals surface area contributed by atoms with Crippen LogP contribution >= 0.6 is 0 Å². The maximum absolute atomic E-state index is 13.7. The van der Waals surface area contributed by atoms with E-state index in [0.717, 1.165) is 22.8 Å². The Morgan fingerprint density at radius 1 is 0.976 bits per heavy atom. The van der Waals surface area contributed by atoms with Gasteiger partial charge < -0.3 is 34.1 Å². The van der Waals surface area contributed by atoms with Crippen molar-refractivity contribution in [1.82, 2.24) is 15.1 Å². The first-order valence-electron chi connectivity index (χ1n) is 14.5.